The van der Waals surface area contributed by atoms with E-state index in [9.17, 15) is 19.2 Å². The minimum Gasteiger partial charge on any atom is -0.480 e. The van der Waals surface area contributed by atoms with Crippen molar-refractivity contribution in [3.05, 3.63) is 0 Å². The summed E-state index contributed by atoms with van der Waals surface area (Å²) in [6.07, 6.45) is 3.25. The fraction of sp³-hybridized carbons (Fsp3) is 0.833. The molecule has 0 aliphatic heterocycles. The fourth-order valence-corrected chi connectivity index (χ4v) is 1.99. The van der Waals surface area contributed by atoms with Gasteiger partial charge in [-0.1, -0.05) is 81.1 Å². The van der Waals surface area contributed by atoms with Crippen molar-refractivity contribution in [1.82, 2.24) is 0 Å². The summed E-state index contributed by atoms with van der Waals surface area (Å²) in [5, 5.41) is 33.4. The van der Waals surface area contributed by atoms with Crippen LogP contribution in [-0.4, -0.2) is 68.5 Å². The number of carbonyl (C=O) groups is 4. The molecule has 0 saturated heterocycles. The first kappa shape index (κ1) is 49.8. The van der Waals surface area contributed by atoms with Gasteiger partial charge in [0, 0.05) is 36.5 Å². The molecule has 0 aliphatic rings. The molecule has 0 heterocycles. The van der Waals surface area contributed by atoms with Crippen molar-refractivity contribution in [2.45, 2.75) is 105 Å². The zero-order chi connectivity index (χ0) is 29.8. The van der Waals surface area contributed by atoms with Crippen molar-refractivity contribution in [2.24, 2.45) is 46.6 Å². The molecule has 0 bridgehead atoms. The molecule has 38 heavy (non-hydrogen) atoms. The number of carboxylic acid groups (broad SMARTS) is 4. The molecular formula is C24H52CuN4O8Zn. The van der Waals surface area contributed by atoms with E-state index in [1.807, 2.05) is 55.4 Å². The Morgan fingerprint density at radius 2 is 0.579 bits per heavy atom. The molecule has 12 N–H and O–H groups in total. The summed E-state index contributed by atoms with van der Waals surface area (Å²) >= 11 is 0. The van der Waals surface area contributed by atoms with Gasteiger partial charge in [0.1, 0.15) is 24.2 Å². The van der Waals surface area contributed by atoms with Crippen LogP contribution in [0.1, 0.15) is 81.1 Å². The molecule has 0 amide bonds. The normalized spacial score (nSPS) is 15.9. The molecule has 0 aromatic carbocycles. The first-order valence-corrected chi connectivity index (χ1v) is 12.3. The Morgan fingerprint density at radius 1 is 0.474 bits per heavy atom. The zero-order valence-electron chi connectivity index (χ0n) is 24.2. The van der Waals surface area contributed by atoms with Crippen LogP contribution in [0.15, 0.2) is 0 Å². The molecule has 0 unspecified atom stereocenters. The van der Waals surface area contributed by atoms with Crippen molar-refractivity contribution in [3.63, 3.8) is 0 Å². The fourth-order valence-electron chi connectivity index (χ4n) is 1.99. The van der Waals surface area contributed by atoms with Crippen molar-refractivity contribution in [2.75, 3.05) is 0 Å². The summed E-state index contributed by atoms with van der Waals surface area (Å²) in [6, 6.07) is -2.80. The Labute approximate surface area is 251 Å². The summed E-state index contributed by atoms with van der Waals surface area (Å²) in [7, 11) is 0. The number of rotatable bonds is 12. The molecule has 0 aliphatic carbocycles. The second-order valence-electron chi connectivity index (χ2n) is 9.00. The number of nitrogens with two attached hydrogens (primary N) is 4. The van der Waals surface area contributed by atoms with Crippen LogP contribution >= 0.6 is 0 Å². The maximum absolute atomic E-state index is 10.2. The van der Waals surface area contributed by atoms with Gasteiger partial charge in [0.05, 0.1) is 0 Å². The van der Waals surface area contributed by atoms with Crippen LogP contribution in [-0.2, 0) is 55.7 Å². The van der Waals surface area contributed by atoms with Crippen LogP contribution in [0.5, 0.6) is 0 Å². The molecule has 0 aromatic rings. The minimum atomic E-state index is -0.913. The van der Waals surface area contributed by atoms with E-state index in [-0.39, 0.29) is 60.2 Å². The minimum absolute atomic E-state index is 0. The first-order valence-electron chi connectivity index (χ1n) is 12.3. The van der Waals surface area contributed by atoms with Gasteiger partial charge in [0.25, 0.3) is 0 Å². The Morgan fingerprint density at radius 3 is 0.605 bits per heavy atom. The SMILES string of the molecule is CC[C@H](C)[C@H](N)C(=O)O.CC[C@H](C)[C@H](N)C(=O)O.CC[C@H](C)[C@H](N)C(=O)O.CC[C@H](C)[C@H](N)C(=O)O.[Cu].[Zn]. The largest absolute Gasteiger partial charge is 0.480 e. The smallest absolute Gasteiger partial charge is 0.320 e. The van der Waals surface area contributed by atoms with E-state index in [0.717, 1.165) is 25.7 Å². The molecule has 0 rings (SSSR count). The van der Waals surface area contributed by atoms with Gasteiger partial charge in [-0.15, -0.1) is 0 Å². The van der Waals surface area contributed by atoms with Crippen molar-refractivity contribution >= 4 is 23.9 Å². The van der Waals surface area contributed by atoms with E-state index in [1.54, 1.807) is 0 Å². The summed E-state index contributed by atoms with van der Waals surface area (Å²) in [5.74, 6) is -3.36. The van der Waals surface area contributed by atoms with Gasteiger partial charge in [0.2, 0.25) is 0 Å². The maximum Gasteiger partial charge on any atom is 0.320 e. The van der Waals surface area contributed by atoms with E-state index in [4.69, 9.17) is 43.4 Å². The molecule has 12 nitrogen and oxygen atoms in total. The van der Waals surface area contributed by atoms with Gasteiger partial charge in [-0.25, -0.2) is 0 Å². The van der Waals surface area contributed by atoms with Crippen LogP contribution in [0.3, 0.4) is 0 Å². The van der Waals surface area contributed by atoms with Crippen LogP contribution in [0.4, 0.5) is 0 Å². The monoisotopic (exact) mass is 651 g/mol. The summed E-state index contributed by atoms with van der Waals surface area (Å²) < 4.78 is 0. The third-order valence-corrected chi connectivity index (χ3v) is 6.17. The average Bonchev–Trinajstić information content (AvgIpc) is 2.85. The van der Waals surface area contributed by atoms with E-state index in [2.05, 4.69) is 0 Å². The third-order valence-electron chi connectivity index (χ3n) is 6.17. The summed E-state index contributed by atoms with van der Waals surface area (Å²) in [4.78, 5) is 40.7. The Balaban J connectivity index is -0.0000000883. The number of hydrogen-bond acceptors (Lipinski definition) is 8. The predicted octanol–water partition coefficient (Wildman–Crippen LogP) is 1.77. The molecule has 8 atom stereocenters. The number of hydrogen-bond donors (Lipinski definition) is 8. The van der Waals surface area contributed by atoms with E-state index in [1.165, 1.54) is 0 Å². The van der Waals surface area contributed by atoms with Gasteiger partial charge < -0.3 is 43.4 Å². The second-order valence-corrected chi connectivity index (χ2v) is 9.00. The van der Waals surface area contributed by atoms with Crippen molar-refractivity contribution < 1.29 is 76.2 Å². The Hall–Kier alpha value is -1.14. The first-order chi connectivity index (χ1) is 16.4. The van der Waals surface area contributed by atoms with Crippen LogP contribution < -0.4 is 22.9 Å². The van der Waals surface area contributed by atoms with E-state index < -0.39 is 48.0 Å². The standard InChI is InChI=1S/4C6H13NO2.Cu.Zn/c4*1-3-4(2)5(7)6(8)9;;/h4*4-5H,3,7H2,1-2H3,(H,8,9);;/t4*4-,5-;;/m0000../s1. The molecule has 0 spiro atoms. The molecule has 0 fully saturated rings. The molecule has 14 heteroatoms. The summed E-state index contributed by atoms with van der Waals surface area (Å²) in [5.41, 5.74) is 21.1. The zero-order valence-corrected chi connectivity index (χ0v) is 28.1. The maximum atomic E-state index is 10.2. The predicted molar refractivity (Wildman–Crippen MR) is 140 cm³/mol. The molecular weight excluding hydrogens is 601 g/mol. The van der Waals surface area contributed by atoms with Crippen molar-refractivity contribution in [1.29, 1.82) is 0 Å². The molecule has 229 valence electrons. The van der Waals surface area contributed by atoms with Crippen LogP contribution in [0.2, 0.25) is 0 Å². The van der Waals surface area contributed by atoms with Crippen LogP contribution in [0.25, 0.3) is 0 Å². The number of carboxylic acids is 4. The quantitative estimate of drug-likeness (QED) is 0.140. The Kier molecular flexibility index (Phi) is 37.8. The average molecular weight is 654 g/mol. The molecule has 0 saturated carbocycles. The molecule has 1 radical (unpaired) electrons. The third kappa shape index (κ3) is 26.5. The number of aliphatic carboxylic acids is 4. The van der Waals surface area contributed by atoms with Gasteiger partial charge in [0.15, 0.2) is 0 Å². The van der Waals surface area contributed by atoms with Gasteiger partial charge >= 0.3 is 23.9 Å². The summed E-state index contributed by atoms with van der Waals surface area (Å²) in [6.45, 7) is 15.0. The second kappa shape index (κ2) is 28.9. The Bertz CT molecular complexity index is 530. The van der Waals surface area contributed by atoms with Gasteiger partial charge in [-0.05, 0) is 23.7 Å². The van der Waals surface area contributed by atoms with Crippen molar-refractivity contribution in [3.8, 4) is 0 Å². The van der Waals surface area contributed by atoms with Crippen LogP contribution in [0, 0.1) is 23.7 Å². The van der Waals surface area contributed by atoms with E-state index in [0.29, 0.717) is 0 Å². The van der Waals surface area contributed by atoms with Gasteiger partial charge in [-0.2, -0.15) is 0 Å². The van der Waals surface area contributed by atoms with E-state index >= 15 is 0 Å². The topological polar surface area (TPSA) is 253 Å². The molecule has 0 aromatic heterocycles. The van der Waals surface area contributed by atoms with Gasteiger partial charge in [-0.3, -0.25) is 19.2 Å².